The first-order valence-electron chi connectivity index (χ1n) is 11.1. The molecule has 2 amide bonds. The predicted octanol–water partition coefficient (Wildman–Crippen LogP) is 3.15. The Kier molecular flexibility index (Phi) is 5.28. The molecule has 10 nitrogen and oxygen atoms in total. The molecule has 6 rings (SSSR count). The molecule has 0 unspecified atom stereocenters. The van der Waals surface area contributed by atoms with E-state index >= 15 is 0 Å². The Hall–Kier alpha value is -4.02. The molecular formula is C24H22N6O4. The summed E-state index contributed by atoms with van der Waals surface area (Å²) in [7, 11) is 0. The van der Waals surface area contributed by atoms with Gasteiger partial charge < -0.3 is 24.8 Å². The maximum atomic E-state index is 12.8. The Labute approximate surface area is 194 Å². The number of nitrogens with one attached hydrogen (secondary N) is 2. The molecule has 0 radical (unpaired) electrons. The van der Waals surface area contributed by atoms with Crippen molar-refractivity contribution in [2.45, 2.75) is 24.3 Å². The number of carbonyl (C=O) groups excluding carboxylic acids is 1. The first-order valence-corrected chi connectivity index (χ1v) is 11.1. The SMILES string of the molecule is O=C(Nc1cccc2ccccc12)N[C@H]1CO[C@H]2[C@H]1OC[C@H]2n1nnnc1Oc1ccccc1. The zero-order valence-corrected chi connectivity index (χ0v) is 18.1. The number of tetrazole rings is 1. The van der Waals surface area contributed by atoms with Crippen molar-refractivity contribution in [3.8, 4) is 11.8 Å². The first-order chi connectivity index (χ1) is 16.8. The van der Waals surface area contributed by atoms with Crippen molar-refractivity contribution < 1.29 is 19.0 Å². The van der Waals surface area contributed by atoms with Gasteiger partial charge in [-0.05, 0) is 34.0 Å². The number of hydrogen-bond acceptors (Lipinski definition) is 7. The lowest BCUT2D eigenvalue weighted by Crippen LogP contribution is -2.45. The number of hydrogen-bond donors (Lipinski definition) is 2. The number of rotatable bonds is 5. The summed E-state index contributed by atoms with van der Waals surface area (Å²) in [5, 5.41) is 19.8. The zero-order valence-electron chi connectivity index (χ0n) is 18.1. The van der Waals surface area contributed by atoms with Gasteiger partial charge in [-0.15, -0.1) is 0 Å². The smallest absolute Gasteiger partial charge is 0.341 e. The number of aromatic nitrogens is 4. The largest absolute Gasteiger partial charge is 0.423 e. The lowest BCUT2D eigenvalue weighted by atomic mass is 10.1. The van der Waals surface area contributed by atoms with Gasteiger partial charge in [0.1, 0.15) is 24.0 Å². The van der Waals surface area contributed by atoms with Crippen molar-refractivity contribution in [1.82, 2.24) is 25.5 Å². The van der Waals surface area contributed by atoms with Gasteiger partial charge in [0.15, 0.2) is 0 Å². The minimum absolute atomic E-state index is 0.258. The summed E-state index contributed by atoms with van der Waals surface area (Å²) < 4.78 is 19.4. The second-order valence-corrected chi connectivity index (χ2v) is 8.22. The molecule has 3 aromatic carbocycles. The van der Waals surface area contributed by atoms with E-state index in [0.717, 1.165) is 16.5 Å². The molecule has 0 aliphatic carbocycles. The third-order valence-corrected chi connectivity index (χ3v) is 6.11. The second kappa shape index (κ2) is 8.73. The van der Waals surface area contributed by atoms with Gasteiger partial charge in [0.2, 0.25) is 0 Å². The number of carbonyl (C=O) groups is 1. The van der Waals surface area contributed by atoms with Crippen LogP contribution in [0.3, 0.4) is 0 Å². The van der Waals surface area contributed by atoms with Gasteiger partial charge in [0, 0.05) is 5.39 Å². The number of ether oxygens (including phenoxy) is 3. The number of urea groups is 1. The van der Waals surface area contributed by atoms with Crippen molar-refractivity contribution in [3.05, 3.63) is 72.8 Å². The number of para-hydroxylation sites is 1. The van der Waals surface area contributed by atoms with E-state index in [1.165, 1.54) is 0 Å². The average Bonchev–Trinajstić information content (AvgIpc) is 3.58. The van der Waals surface area contributed by atoms with Crippen LogP contribution >= 0.6 is 0 Å². The van der Waals surface area contributed by atoms with Crippen LogP contribution in [0.15, 0.2) is 72.8 Å². The number of anilines is 1. The predicted molar refractivity (Wildman–Crippen MR) is 123 cm³/mol. The van der Waals surface area contributed by atoms with Gasteiger partial charge in [0.05, 0.1) is 24.9 Å². The van der Waals surface area contributed by atoms with Gasteiger partial charge in [-0.3, -0.25) is 0 Å². The van der Waals surface area contributed by atoms with E-state index in [1.807, 2.05) is 72.8 Å². The topological polar surface area (TPSA) is 112 Å². The molecule has 4 atom stereocenters. The van der Waals surface area contributed by atoms with Crippen molar-refractivity contribution in [2.24, 2.45) is 0 Å². The Bertz CT molecular complexity index is 1310. The van der Waals surface area contributed by atoms with Gasteiger partial charge in [-0.25, -0.2) is 4.79 Å². The van der Waals surface area contributed by atoms with E-state index < -0.39 is 0 Å². The quantitative estimate of drug-likeness (QED) is 0.472. The maximum absolute atomic E-state index is 12.8. The molecule has 172 valence electrons. The highest BCUT2D eigenvalue weighted by Gasteiger charge is 2.50. The molecule has 0 bridgehead atoms. The molecule has 4 aromatic rings. The number of fused-ring (bicyclic) bond motifs is 2. The molecule has 2 aliphatic heterocycles. The van der Waals surface area contributed by atoms with Crippen molar-refractivity contribution in [3.63, 3.8) is 0 Å². The number of benzene rings is 3. The van der Waals surface area contributed by atoms with E-state index in [1.54, 1.807) is 4.68 Å². The van der Waals surface area contributed by atoms with E-state index in [-0.39, 0.29) is 36.3 Å². The molecule has 2 aliphatic rings. The second-order valence-electron chi connectivity index (χ2n) is 8.22. The van der Waals surface area contributed by atoms with Gasteiger partial charge in [0.25, 0.3) is 0 Å². The third-order valence-electron chi connectivity index (χ3n) is 6.11. The summed E-state index contributed by atoms with van der Waals surface area (Å²) in [4.78, 5) is 12.8. The summed E-state index contributed by atoms with van der Waals surface area (Å²) in [5.41, 5.74) is 0.743. The first kappa shape index (κ1) is 20.6. The summed E-state index contributed by atoms with van der Waals surface area (Å²) in [6, 6.07) is 22.4. The standard InChI is InChI=1S/C24H22N6O4/c31-23(25-18-12-6-8-15-7-4-5-11-17(15)18)26-19-13-32-22-20(14-33-21(19)22)30-24(27-28-29-30)34-16-9-2-1-3-10-16/h1-12,19-22H,13-14H2,(H2,25,26,31)/t19-,20+,21-,22+/m0/s1. The highest BCUT2D eigenvalue weighted by Crippen LogP contribution is 2.36. The fourth-order valence-electron chi connectivity index (χ4n) is 4.53. The highest BCUT2D eigenvalue weighted by molar-refractivity contribution is 6.01. The van der Waals surface area contributed by atoms with Crippen LogP contribution in [0.2, 0.25) is 0 Å². The lowest BCUT2D eigenvalue weighted by molar-refractivity contribution is 0.0613. The number of nitrogens with zero attached hydrogens (tertiary/aromatic N) is 4. The van der Waals surface area contributed by atoms with Crippen LogP contribution in [-0.2, 0) is 9.47 Å². The monoisotopic (exact) mass is 458 g/mol. The fourth-order valence-corrected chi connectivity index (χ4v) is 4.53. The molecule has 2 saturated heterocycles. The minimum atomic E-state index is -0.322. The Morgan fingerprint density at radius 1 is 0.941 bits per heavy atom. The molecule has 34 heavy (non-hydrogen) atoms. The molecule has 3 heterocycles. The molecule has 0 saturated carbocycles. The van der Waals surface area contributed by atoms with Crippen molar-refractivity contribution in [1.29, 1.82) is 0 Å². The molecule has 1 aromatic heterocycles. The normalized spacial score (nSPS) is 23.5. The zero-order chi connectivity index (χ0) is 22.9. The third kappa shape index (κ3) is 3.82. The van der Waals surface area contributed by atoms with Crippen LogP contribution in [0.5, 0.6) is 11.8 Å². The highest BCUT2D eigenvalue weighted by atomic mass is 16.6. The number of amides is 2. The van der Waals surface area contributed by atoms with Crippen LogP contribution in [0.4, 0.5) is 10.5 Å². The van der Waals surface area contributed by atoms with Crippen LogP contribution in [0.1, 0.15) is 6.04 Å². The maximum Gasteiger partial charge on any atom is 0.341 e. The van der Waals surface area contributed by atoms with Crippen LogP contribution in [0, 0.1) is 0 Å². The van der Waals surface area contributed by atoms with E-state index in [0.29, 0.717) is 19.0 Å². The van der Waals surface area contributed by atoms with Crippen molar-refractivity contribution >= 4 is 22.5 Å². The molecule has 0 spiro atoms. The van der Waals surface area contributed by atoms with Gasteiger partial charge in [-0.1, -0.05) is 59.7 Å². The Morgan fingerprint density at radius 2 is 1.74 bits per heavy atom. The summed E-state index contributed by atoms with van der Waals surface area (Å²) in [6.07, 6.45) is -0.637. The summed E-state index contributed by atoms with van der Waals surface area (Å²) in [5.74, 6) is 0.631. The Balaban J connectivity index is 1.13. The molecular weight excluding hydrogens is 436 g/mol. The van der Waals surface area contributed by atoms with Gasteiger partial charge >= 0.3 is 12.0 Å². The van der Waals surface area contributed by atoms with Crippen LogP contribution < -0.4 is 15.4 Å². The van der Waals surface area contributed by atoms with E-state index in [2.05, 4.69) is 26.2 Å². The molecule has 2 fully saturated rings. The van der Waals surface area contributed by atoms with E-state index in [4.69, 9.17) is 14.2 Å². The van der Waals surface area contributed by atoms with Crippen molar-refractivity contribution in [2.75, 3.05) is 18.5 Å². The molecule has 2 N–H and O–H groups in total. The average molecular weight is 458 g/mol. The fraction of sp³-hybridized carbons (Fsp3) is 0.250. The summed E-state index contributed by atoms with van der Waals surface area (Å²) in [6.45, 7) is 0.667. The van der Waals surface area contributed by atoms with Crippen LogP contribution in [-0.4, -0.2) is 57.7 Å². The molecule has 10 heteroatoms. The Morgan fingerprint density at radius 3 is 2.65 bits per heavy atom. The van der Waals surface area contributed by atoms with Crippen LogP contribution in [0.25, 0.3) is 10.8 Å². The summed E-state index contributed by atoms with van der Waals surface area (Å²) >= 11 is 0. The lowest BCUT2D eigenvalue weighted by Gasteiger charge is -2.18. The van der Waals surface area contributed by atoms with E-state index in [9.17, 15) is 4.79 Å². The van der Waals surface area contributed by atoms with Gasteiger partial charge in [-0.2, -0.15) is 4.68 Å². The minimum Gasteiger partial charge on any atom is -0.423 e.